The number of halogens is 2. The lowest BCUT2D eigenvalue weighted by molar-refractivity contribution is 0.354. The Kier molecular flexibility index (Phi) is 7.80. The van der Waals surface area contributed by atoms with Crippen molar-refractivity contribution in [2.45, 2.75) is 37.1 Å². The summed E-state index contributed by atoms with van der Waals surface area (Å²) in [6.07, 6.45) is 1.67. The van der Waals surface area contributed by atoms with E-state index < -0.39 is 21.7 Å². The second-order valence-corrected chi connectivity index (χ2v) is 10.7. The van der Waals surface area contributed by atoms with Crippen LogP contribution in [0.5, 0.6) is 11.5 Å². The molecule has 0 aromatic heterocycles. The number of benzene rings is 3. The van der Waals surface area contributed by atoms with Crippen molar-refractivity contribution in [2.75, 3.05) is 31.6 Å². The third-order valence-electron chi connectivity index (χ3n) is 6.42. The van der Waals surface area contributed by atoms with Gasteiger partial charge in [-0.3, -0.25) is 4.31 Å². The number of hydrogen-bond acceptors (Lipinski definition) is 5. The fraction of sp³-hybridized carbons (Fsp3) is 0.333. The van der Waals surface area contributed by atoms with E-state index in [1.807, 2.05) is 6.92 Å². The van der Waals surface area contributed by atoms with Gasteiger partial charge in [-0.2, -0.15) is 0 Å². The Morgan fingerprint density at radius 1 is 1.00 bits per heavy atom. The lowest BCUT2D eigenvalue weighted by atomic mass is 10.00. The maximum Gasteiger partial charge on any atom is 0.264 e. The number of sulfonamides is 1. The van der Waals surface area contributed by atoms with E-state index in [2.05, 4.69) is 5.32 Å². The smallest absolute Gasteiger partial charge is 0.264 e. The first kappa shape index (κ1) is 25.9. The van der Waals surface area contributed by atoms with Crippen LogP contribution in [0.25, 0.3) is 0 Å². The highest BCUT2D eigenvalue weighted by molar-refractivity contribution is 7.92. The van der Waals surface area contributed by atoms with E-state index in [0.717, 1.165) is 24.9 Å². The molecular formula is C27H30F2N2O4S. The Hall–Kier alpha value is -3.17. The Morgan fingerprint density at radius 2 is 1.72 bits per heavy atom. The fourth-order valence-electron chi connectivity index (χ4n) is 4.53. The zero-order valence-corrected chi connectivity index (χ0v) is 21.4. The summed E-state index contributed by atoms with van der Waals surface area (Å²) in [4.78, 5) is 0.0294. The minimum absolute atomic E-state index is 0.0294. The molecular weight excluding hydrogens is 486 g/mol. The molecule has 0 aliphatic carbocycles. The van der Waals surface area contributed by atoms with Crippen molar-refractivity contribution in [2.24, 2.45) is 0 Å². The van der Waals surface area contributed by atoms with Crippen LogP contribution in [0, 0.1) is 18.6 Å². The number of rotatable bonds is 9. The molecule has 0 amide bonds. The second kappa shape index (κ2) is 10.8. The van der Waals surface area contributed by atoms with Gasteiger partial charge in [0, 0.05) is 30.6 Å². The molecule has 1 atom stereocenters. The van der Waals surface area contributed by atoms with Gasteiger partial charge in [-0.1, -0.05) is 23.8 Å². The Balaban J connectivity index is 1.84. The molecule has 1 heterocycles. The first-order valence-corrected chi connectivity index (χ1v) is 13.2. The number of anilines is 1. The third-order valence-corrected chi connectivity index (χ3v) is 8.20. The first-order valence-electron chi connectivity index (χ1n) is 11.7. The molecule has 3 aromatic rings. The van der Waals surface area contributed by atoms with Crippen molar-refractivity contribution in [3.8, 4) is 11.5 Å². The number of nitrogens with one attached hydrogen (secondary N) is 1. The van der Waals surface area contributed by atoms with Gasteiger partial charge >= 0.3 is 0 Å². The standard InChI is InChI=1S/C27H30F2N2O4S/c1-18-9-11-25(19(14-18)15-22-23(28)7-4-8-24(22)29)31(17-20-6-5-13-30-20)36(32,33)21-10-12-26(34-2)27(16-21)35-3/h4,7-12,14,16,20,30H,5-6,13,15,17H2,1-3H3/t20-/m0/s1. The molecule has 192 valence electrons. The molecule has 3 aromatic carbocycles. The van der Waals surface area contributed by atoms with Crippen molar-refractivity contribution in [1.29, 1.82) is 0 Å². The summed E-state index contributed by atoms with van der Waals surface area (Å²) < 4.78 is 69.2. The predicted octanol–water partition coefficient (Wildman–Crippen LogP) is 4.83. The van der Waals surface area contributed by atoms with E-state index in [4.69, 9.17) is 9.47 Å². The molecule has 0 radical (unpaired) electrons. The predicted molar refractivity (Wildman–Crippen MR) is 135 cm³/mol. The van der Waals surface area contributed by atoms with E-state index >= 15 is 0 Å². The number of hydrogen-bond donors (Lipinski definition) is 1. The highest BCUT2D eigenvalue weighted by Gasteiger charge is 2.31. The van der Waals surface area contributed by atoms with Crippen LogP contribution in [-0.2, 0) is 16.4 Å². The van der Waals surface area contributed by atoms with Crippen molar-refractivity contribution >= 4 is 15.7 Å². The van der Waals surface area contributed by atoms with Crippen LogP contribution in [-0.4, -0.2) is 41.8 Å². The monoisotopic (exact) mass is 516 g/mol. The third kappa shape index (κ3) is 5.32. The average molecular weight is 517 g/mol. The maximum atomic E-state index is 14.5. The average Bonchev–Trinajstić information content (AvgIpc) is 3.38. The lowest BCUT2D eigenvalue weighted by Crippen LogP contribution is -2.41. The van der Waals surface area contributed by atoms with Gasteiger partial charge in [-0.15, -0.1) is 0 Å². The van der Waals surface area contributed by atoms with E-state index in [-0.39, 0.29) is 35.2 Å². The van der Waals surface area contributed by atoms with Gasteiger partial charge in [0.05, 0.1) is 24.8 Å². The fourth-order valence-corrected chi connectivity index (χ4v) is 6.10. The summed E-state index contributed by atoms with van der Waals surface area (Å²) in [6.45, 7) is 2.83. The van der Waals surface area contributed by atoms with Crippen LogP contribution in [0.1, 0.15) is 29.5 Å². The SMILES string of the molecule is COc1ccc(S(=O)(=O)N(C[C@@H]2CCCN2)c2ccc(C)cc2Cc2c(F)cccc2F)cc1OC. The van der Waals surface area contributed by atoms with Crippen LogP contribution in [0.15, 0.2) is 59.5 Å². The van der Waals surface area contributed by atoms with E-state index in [0.29, 0.717) is 17.0 Å². The summed E-state index contributed by atoms with van der Waals surface area (Å²) in [7, 11) is -1.16. The molecule has 0 bridgehead atoms. The summed E-state index contributed by atoms with van der Waals surface area (Å²) in [6, 6.07) is 13.4. The topological polar surface area (TPSA) is 67.9 Å². The van der Waals surface area contributed by atoms with E-state index in [1.54, 1.807) is 24.3 Å². The van der Waals surface area contributed by atoms with Gasteiger partial charge in [0.15, 0.2) is 11.5 Å². The minimum atomic E-state index is -4.08. The summed E-state index contributed by atoms with van der Waals surface area (Å²) in [5.41, 5.74) is 1.65. The Morgan fingerprint density at radius 3 is 2.36 bits per heavy atom. The lowest BCUT2D eigenvalue weighted by Gasteiger charge is -2.30. The first-order chi connectivity index (χ1) is 17.2. The van der Waals surface area contributed by atoms with Crippen LogP contribution >= 0.6 is 0 Å². The number of methoxy groups -OCH3 is 2. The molecule has 0 spiro atoms. The van der Waals surface area contributed by atoms with Crippen LogP contribution in [0.4, 0.5) is 14.5 Å². The molecule has 4 rings (SSSR count). The van der Waals surface area contributed by atoms with Gasteiger partial charge in [0.2, 0.25) is 0 Å². The van der Waals surface area contributed by atoms with Crippen molar-refractivity contribution in [1.82, 2.24) is 5.32 Å². The Labute approximate surface area is 210 Å². The summed E-state index contributed by atoms with van der Waals surface area (Å²) in [5.74, 6) is -0.648. The van der Waals surface area contributed by atoms with Gasteiger partial charge in [-0.25, -0.2) is 17.2 Å². The molecule has 0 unspecified atom stereocenters. The van der Waals surface area contributed by atoms with Crippen molar-refractivity contribution < 1.29 is 26.7 Å². The molecule has 1 N–H and O–H groups in total. The summed E-state index contributed by atoms with van der Waals surface area (Å²) >= 11 is 0. The van der Waals surface area contributed by atoms with Gasteiger partial charge in [0.25, 0.3) is 10.0 Å². The molecule has 9 heteroatoms. The molecule has 6 nitrogen and oxygen atoms in total. The number of nitrogens with zero attached hydrogens (tertiary/aromatic N) is 1. The summed E-state index contributed by atoms with van der Waals surface area (Å²) in [5, 5.41) is 3.35. The highest BCUT2D eigenvalue weighted by atomic mass is 32.2. The molecule has 1 aliphatic rings. The van der Waals surface area contributed by atoms with Crippen LogP contribution in [0.2, 0.25) is 0 Å². The quantitative estimate of drug-likeness (QED) is 0.441. The number of aryl methyl sites for hydroxylation is 1. The molecule has 1 aliphatic heterocycles. The number of ether oxygens (including phenoxy) is 2. The largest absolute Gasteiger partial charge is 0.493 e. The van der Waals surface area contributed by atoms with Crippen LogP contribution in [0.3, 0.4) is 0 Å². The normalized spacial score (nSPS) is 15.6. The molecule has 1 saturated heterocycles. The van der Waals surface area contributed by atoms with Crippen molar-refractivity contribution in [3.05, 3.63) is 82.9 Å². The Bertz CT molecular complexity index is 1320. The van der Waals surface area contributed by atoms with Gasteiger partial charge in [-0.05, 0) is 62.2 Å². The van der Waals surface area contributed by atoms with Crippen molar-refractivity contribution in [3.63, 3.8) is 0 Å². The maximum absolute atomic E-state index is 14.5. The molecule has 36 heavy (non-hydrogen) atoms. The molecule has 1 fully saturated rings. The van der Waals surface area contributed by atoms with E-state index in [9.17, 15) is 17.2 Å². The van der Waals surface area contributed by atoms with Crippen LogP contribution < -0.4 is 19.1 Å². The van der Waals surface area contributed by atoms with Gasteiger partial charge in [0.1, 0.15) is 11.6 Å². The second-order valence-electron chi connectivity index (χ2n) is 8.86. The zero-order valence-electron chi connectivity index (χ0n) is 20.6. The molecule has 0 saturated carbocycles. The zero-order chi connectivity index (χ0) is 25.9. The minimum Gasteiger partial charge on any atom is -0.493 e. The highest BCUT2D eigenvalue weighted by Crippen LogP contribution is 2.35. The van der Waals surface area contributed by atoms with Gasteiger partial charge < -0.3 is 14.8 Å². The van der Waals surface area contributed by atoms with E-state index in [1.165, 1.54) is 48.9 Å².